The summed E-state index contributed by atoms with van der Waals surface area (Å²) in [6.07, 6.45) is 2.10. The molecule has 0 saturated carbocycles. The third-order valence-electron chi connectivity index (χ3n) is 8.33. The zero-order chi connectivity index (χ0) is 29.4. The van der Waals surface area contributed by atoms with Gasteiger partial charge in [-0.1, -0.05) is 54.6 Å². The molecule has 0 bridgehead atoms. The topological polar surface area (TPSA) is 103 Å². The lowest BCUT2D eigenvalue weighted by molar-refractivity contribution is -0.0934. The fourth-order valence-corrected chi connectivity index (χ4v) is 6.08. The van der Waals surface area contributed by atoms with Crippen LogP contribution in [0.1, 0.15) is 35.0 Å². The van der Waals surface area contributed by atoms with E-state index in [1.807, 2.05) is 88.3 Å². The van der Waals surface area contributed by atoms with E-state index in [4.69, 9.17) is 18.9 Å². The van der Waals surface area contributed by atoms with Gasteiger partial charge >= 0.3 is 0 Å². The van der Waals surface area contributed by atoms with Gasteiger partial charge in [0.25, 0.3) is 0 Å². The van der Waals surface area contributed by atoms with Crippen LogP contribution < -0.4 is 9.47 Å². The first-order valence-corrected chi connectivity index (χ1v) is 14.4. The molecule has 3 aromatic carbocycles. The van der Waals surface area contributed by atoms with Crippen molar-refractivity contribution < 1.29 is 24.1 Å². The second kappa shape index (κ2) is 11.3. The van der Waals surface area contributed by atoms with Gasteiger partial charge in [0.1, 0.15) is 29.4 Å². The van der Waals surface area contributed by atoms with Gasteiger partial charge in [-0.05, 0) is 41.0 Å². The van der Waals surface area contributed by atoms with Crippen molar-refractivity contribution in [2.45, 2.75) is 30.5 Å². The van der Waals surface area contributed by atoms with Crippen LogP contribution >= 0.6 is 0 Å². The average molecular weight is 580 g/mol. The molecular weight excluding hydrogens is 546 g/mol. The minimum atomic E-state index is -1.01. The van der Waals surface area contributed by atoms with Gasteiger partial charge in [-0.15, -0.1) is 0 Å². The number of aliphatic hydroxyl groups excluding tert-OH is 1. The van der Waals surface area contributed by atoms with Gasteiger partial charge in [-0.25, -0.2) is 9.98 Å². The number of amidine groups is 1. The summed E-state index contributed by atoms with van der Waals surface area (Å²) in [4.78, 5) is 15.8. The van der Waals surface area contributed by atoms with Crippen molar-refractivity contribution in [3.63, 3.8) is 0 Å². The molecule has 0 amide bonds. The van der Waals surface area contributed by atoms with Crippen LogP contribution in [0.4, 0.5) is 5.82 Å². The highest BCUT2D eigenvalue weighted by Crippen LogP contribution is 2.43. The van der Waals surface area contributed by atoms with Crippen LogP contribution in [0.3, 0.4) is 0 Å². The lowest BCUT2D eigenvalue weighted by atomic mass is 9.80. The molecule has 1 N–H and O–H groups in total. The number of rotatable bonds is 9. The van der Waals surface area contributed by atoms with Crippen molar-refractivity contribution in [3.05, 3.63) is 108 Å². The predicted molar refractivity (Wildman–Crippen MR) is 161 cm³/mol. The van der Waals surface area contributed by atoms with E-state index in [0.29, 0.717) is 12.2 Å². The highest BCUT2D eigenvalue weighted by molar-refractivity contribution is 6.09. The van der Waals surface area contributed by atoms with Crippen molar-refractivity contribution in [1.29, 1.82) is 0 Å². The van der Waals surface area contributed by atoms with Gasteiger partial charge in [-0.2, -0.15) is 0 Å². The Balaban J connectivity index is 1.22. The summed E-state index contributed by atoms with van der Waals surface area (Å²) in [5.41, 5.74) is 2.49. The Morgan fingerprint density at radius 3 is 2.21 bits per heavy atom. The van der Waals surface area contributed by atoms with E-state index >= 15 is 0 Å². The van der Waals surface area contributed by atoms with Crippen LogP contribution in [-0.4, -0.2) is 77.9 Å². The largest absolute Gasteiger partial charge is 0.497 e. The number of aliphatic hydroxyl groups is 1. The molecule has 43 heavy (non-hydrogen) atoms. The van der Waals surface area contributed by atoms with Crippen LogP contribution in [0.2, 0.25) is 0 Å². The molecule has 1 saturated heterocycles. The zero-order valence-electron chi connectivity index (χ0n) is 24.0. The van der Waals surface area contributed by atoms with E-state index in [1.165, 1.54) is 0 Å². The number of hydrogen-bond donors (Lipinski definition) is 1. The number of hydrogen-bond acceptors (Lipinski definition) is 9. The number of nitrogens with zero attached hydrogens (tertiary/aromatic N) is 5. The van der Waals surface area contributed by atoms with E-state index < -0.39 is 24.0 Å². The molecule has 3 atom stereocenters. The molecule has 4 aromatic rings. The third kappa shape index (κ3) is 4.77. The molecule has 0 spiro atoms. The zero-order valence-corrected chi connectivity index (χ0v) is 24.0. The first kappa shape index (κ1) is 27.3. The van der Waals surface area contributed by atoms with Crippen molar-refractivity contribution in [1.82, 2.24) is 14.5 Å². The van der Waals surface area contributed by atoms with Crippen molar-refractivity contribution in [2.24, 2.45) is 9.98 Å². The van der Waals surface area contributed by atoms with E-state index in [0.717, 1.165) is 52.8 Å². The second-order valence-corrected chi connectivity index (χ2v) is 10.7. The maximum atomic E-state index is 11.2. The summed E-state index contributed by atoms with van der Waals surface area (Å²) in [7, 11) is 3.29. The van der Waals surface area contributed by atoms with Gasteiger partial charge in [0.15, 0.2) is 17.3 Å². The van der Waals surface area contributed by atoms with Gasteiger partial charge in [0, 0.05) is 13.0 Å². The fraction of sp³-hybridized carbons (Fsp3) is 0.303. The van der Waals surface area contributed by atoms with E-state index in [9.17, 15) is 5.11 Å². The minimum Gasteiger partial charge on any atom is -0.497 e. The number of benzene rings is 3. The highest BCUT2D eigenvalue weighted by Gasteiger charge is 2.43. The Bertz CT molecular complexity index is 1590. The molecule has 10 nitrogen and oxygen atoms in total. The molecule has 0 unspecified atom stereocenters. The average Bonchev–Trinajstić information content (AvgIpc) is 3.80. The molecule has 1 fully saturated rings. The Kier molecular flexibility index (Phi) is 7.18. The number of ether oxygens (including phenoxy) is 4. The Hall–Kier alpha value is -4.51. The van der Waals surface area contributed by atoms with Gasteiger partial charge in [0.2, 0.25) is 0 Å². The van der Waals surface area contributed by atoms with Crippen molar-refractivity contribution in [2.75, 3.05) is 33.9 Å². The Labute approximate surface area is 249 Å². The number of aliphatic imine (C=N–C) groups is 2. The van der Waals surface area contributed by atoms with Gasteiger partial charge < -0.3 is 29.0 Å². The molecule has 10 heteroatoms. The summed E-state index contributed by atoms with van der Waals surface area (Å²) in [5.74, 6) is 3.01. The predicted octanol–water partition coefficient (Wildman–Crippen LogP) is 4.29. The highest BCUT2D eigenvalue weighted by atomic mass is 16.6. The molecular formula is C33H33N5O5. The van der Waals surface area contributed by atoms with Gasteiger partial charge in [-0.3, -0.25) is 9.56 Å². The summed E-state index contributed by atoms with van der Waals surface area (Å²) in [5, 5.41) is 11.2. The van der Waals surface area contributed by atoms with E-state index in [2.05, 4.69) is 15.0 Å². The smallest absolute Gasteiger partial charge is 0.167 e. The Morgan fingerprint density at radius 2 is 1.56 bits per heavy atom. The van der Waals surface area contributed by atoms with Gasteiger partial charge in [0.05, 0.1) is 46.1 Å². The van der Waals surface area contributed by atoms with Crippen LogP contribution in [0.15, 0.2) is 95.2 Å². The van der Waals surface area contributed by atoms with Crippen LogP contribution in [-0.2, 0) is 15.1 Å². The first-order chi connectivity index (χ1) is 21.1. The lowest BCUT2D eigenvalue weighted by Crippen LogP contribution is -2.38. The summed E-state index contributed by atoms with van der Waals surface area (Å²) in [6, 6.07) is 25.8. The maximum absolute atomic E-state index is 11.2. The van der Waals surface area contributed by atoms with E-state index in [-0.39, 0.29) is 6.61 Å². The quantitative estimate of drug-likeness (QED) is 0.295. The fourth-order valence-electron chi connectivity index (χ4n) is 6.08. The SMILES string of the molecule is COc1ccc(C(OC[C@H]2O[C@@H](n3cnc4c3N=CN3CCN=C43)C[C@@H]2O)(c2ccccc2)c2ccc(OC)cc2)cc1. The first-order valence-electron chi connectivity index (χ1n) is 14.4. The van der Waals surface area contributed by atoms with E-state index in [1.54, 1.807) is 26.9 Å². The molecule has 3 aliphatic rings. The maximum Gasteiger partial charge on any atom is 0.167 e. The number of fused-ring (bicyclic) bond motifs is 3. The standard InChI is InChI=1S/C33H33N5O5/c1-40-25-12-8-23(9-13-25)33(22-6-4-3-5-7-22,24-10-14-26(41-2)15-11-24)42-19-28-27(39)18-29(43-28)38-21-35-30-31-34-16-17-37(31)20-36-32(30)38/h3-15,20-21,27-29,39H,16-19H2,1-2H3/t27-,28+,29+/m0/s1. The molecule has 7 rings (SSSR count). The van der Waals surface area contributed by atoms with Crippen LogP contribution in [0.25, 0.3) is 0 Å². The van der Waals surface area contributed by atoms with Crippen LogP contribution in [0, 0.1) is 0 Å². The molecule has 0 radical (unpaired) electrons. The summed E-state index contributed by atoms with van der Waals surface area (Å²) < 4.78 is 26.2. The summed E-state index contributed by atoms with van der Waals surface area (Å²) >= 11 is 0. The molecule has 4 heterocycles. The number of aromatic nitrogens is 2. The third-order valence-corrected chi connectivity index (χ3v) is 8.33. The number of methoxy groups -OCH3 is 2. The monoisotopic (exact) mass is 579 g/mol. The molecule has 3 aliphatic heterocycles. The van der Waals surface area contributed by atoms with Crippen molar-refractivity contribution >= 4 is 18.0 Å². The molecule has 220 valence electrons. The second-order valence-electron chi connectivity index (χ2n) is 10.7. The normalized spacial score (nSPS) is 21.0. The number of imidazole rings is 1. The summed E-state index contributed by atoms with van der Waals surface area (Å²) in [6.45, 7) is 1.65. The molecule has 1 aromatic heterocycles. The Morgan fingerprint density at radius 1 is 0.907 bits per heavy atom. The lowest BCUT2D eigenvalue weighted by Gasteiger charge is -2.37. The van der Waals surface area contributed by atoms with Crippen molar-refractivity contribution in [3.8, 4) is 11.5 Å². The van der Waals surface area contributed by atoms with Crippen LogP contribution in [0.5, 0.6) is 11.5 Å². The molecule has 0 aliphatic carbocycles. The minimum absolute atomic E-state index is 0.130.